The first-order valence-corrected chi connectivity index (χ1v) is 11.0. The lowest BCUT2D eigenvalue weighted by Crippen LogP contribution is -2.27. The Morgan fingerprint density at radius 2 is 1.68 bits per heavy atom. The van der Waals surface area contributed by atoms with E-state index in [4.69, 9.17) is 13.2 Å². The average molecular weight is 455 g/mol. The van der Waals surface area contributed by atoms with E-state index < -0.39 is 24.3 Å². The molecule has 0 saturated carbocycles. The van der Waals surface area contributed by atoms with Gasteiger partial charge in [-0.3, -0.25) is 4.79 Å². The van der Waals surface area contributed by atoms with Gasteiger partial charge in [0.05, 0.1) is 11.5 Å². The average Bonchev–Trinajstić information content (AvgIpc) is 2.82. The van der Waals surface area contributed by atoms with Crippen molar-refractivity contribution >= 4 is 28.3 Å². The van der Waals surface area contributed by atoms with Gasteiger partial charge in [0.15, 0.2) is 0 Å². The van der Waals surface area contributed by atoms with E-state index in [0.717, 1.165) is 21.9 Å². The smallest absolute Gasteiger partial charge is 0.338 e. The summed E-state index contributed by atoms with van der Waals surface area (Å²) in [6.07, 6.45) is 0. The molecule has 0 aliphatic rings. The van der Waals surface area contributed by atoms with Crippen LogP contribution in [0.4, 0.5) is 5.69 Å². The zero-order valence-corrected chi connectivity index (χ0v) is 19.2. The maximum Gasteiger partial charge on any atom is 0.338 e. The van der Waals surface area contributed by atoms with Crippen LogP contribution < -0.4 is 11.1 Å². The summed E-state index contributed by atoms with van der Waals surface area (Å²) in [7, 11) is 0. The Morgan fingerprint density at radius 1 is 0.941 bits per heavy atom. The lowest BCUT2D eigenvalue weighted by atomic mass is 9.97. The first-order chi connectivity index (χ1) is 17.1. The third-order valence-electron chi connectivity index (χ3n) is 5.73. The molecule has 0 aromatic heterocycles. The lowest BCUT2D eigenvalue weighted by Gasteiger charge is -2.16. The molecule has 4 rings (SSSR count). The van der Waals surface area contributed by atoms with Crippen LogP contribution in [0.25, 0.3) is 10.8 Å². The monoisotopic (exact) mass is 454 g/mol. The van der Waals surface area contributed by atoms with Gasteiger partial charge in [0.2, 0.25) is 5.91 Å². The summed E-state index contributed by atoms with van der Waals surface area (Å²) in [6.45, 7) is 1.58. The molecular weight excluding hydrogens is 424 g/mol. The third kappa shape index (κ3) is 5.33. The highest BCUT2D eigenvalue weighted by Gasteiger charge is 2.19. The largest absolute Gasteiger partial charge is 0.457 e. The summed E-state index contributed by atoms with van der Waals surface area (Å²) in [6, 6.07) is 25.5. The van der Waals surface area contributed by atoms with E-state index in [-0.39, 0.29) is 6.61 Å². The standard InChI is InChI=1S/C29H28N2O3/c1-19-7-14-26(20(2)15-19)29(33)34-18-21-8-10-23(11-9-21)27(17-30)28(32)31-25-13-12-22-5-3-4-6-24(22)16-25/h3-16,27H,17-18,30H2,1-2H3,(H,31,32)/t27-/m1/s1/i17D2. The summed E-state index contributed by atoms with van der Waals surface area (Å²) in [5, 5.41) is 4.79. The molecule has 34 heavy (non-hydrogen) atoms. The van der Waals surface area contributed by atoms with Crippen molar-refractivity contribution in [3.8, 4) is 0 Å². The Morgan fingerprint density at radius 3 is 2.38 bits per heavy atom. The van der Waals surface area contributed by atoms with Crippen molar-refractivity contribution in [3.63, 3.8) is 0 Å². The van der Waals surface area contributed by atoms with E-state index in [2.05, 4.69) is 5.32 Å². The number of nitrogens with two attached hydrogens (primary N) is 1. The fourth-order valence-corrected chi connectivity index (χ4v) is 3.88. The number of carbonyl (C=O) groups excluding carboxylic acids is 2. The molecule has 0 radical (unpaired) electrons. The van der Waals surface area contributed by atoms with Crippen molar-refractivity contribution in [2.45, 2.75) is 26.4 Å². The molecule has 5 nitrogen and oxygen atoms in total. The molecular formula is C29H28N2O3. The Labute approximate surface area is 202 Å². The molecule has 1 amide bonds. The van der Waals surface area contributed by atoms with Crippen LogP contribution >= 0.6 is 0 Å². The molecule has 0 unspecified atom stereocenters. The Balaban J connectivity index is 1.46. The molecule has 3 N–H and O–H groups in total. The van der Waals surface area contributed by atoms with Crippen LogP contribution in [0.1, 0.15) is 41.3 Å². The zero-order chi connectivity index (χ0) is 25.9. The number of esters is 1. The number of rotatable bonds is 7. The van der Waals surface area contributed by atoms with Crippen LogP contribution in [0.2, 0.25) is 0 Å². The van der Waals surface area contributed by atoms with Gasteiger partial charge in [-0.1, -0.05) is 72.3 Å². The van der Waals surface area contributed by atoms with E-state index in [1.165, 1.54) is 0 Å². The molecule has 0 aliphatic heterocycles. The number of benzene rings is 4. The molecule has 0 heterocycles. The van der Waals surface area contributed by atoms with E-state index in [1.807, 2.05) is 62.4 Å². The normalized spacial score (nSPS) is 13.0. The fourth-order valence-electron chi connectivity index (χ4n) is 3.88. The Kier molecular flexibility index (Phi) is 6.26. The van der Waals surface area contributed by atoms with E-state index in [9.17, 15) is 9.59 Å². The zero-order valence-electron chi connectivity index (χ0n) is 21.2. The van der Waals surface area contributed by atoms with E-state index in [0.29, 0.717) is 22.4 Å². The van der Waals surface area contributed by atoms with Gasteiger partial charge in [-0.2, -0.15) is 0 Å². The second-order valence-electron chi connectivity index (χ2n) is 8.29. The minimum absolute atomic E-state index is 0.0515. The van der Waals surface area contributed by atoms with E-state index in [1.54, 1.807) is 36.4 Å². The van der Waals surface area contributed by atoms with Gasteiger partial charge in [0.25, 0.3) is 0 Å². The van der Waals surface area contributed by atoms with Crippen LogP contribution in [0.15, 0.2) is 84.9 Å². The van der Waals surface area contributed by atoms with Gasteiger partial charge in [-0.15, -0.1) is 0 Å². The molecule has 4 aromatic rings. The predicted octanol–water partition coefficient (Wildman–Crippen LogP) is 5.49. The highest BCUT2D eigenvalue weighted by molar-refractivity contribution is 5.98. The molecule has 0 aliphatic carbocycles. The number of carbonyl (C=O) groups is 2. The van der Waals surface area contributed by atoms with Crippen LogP contribution in [-0.4, -0.2) is 18.4 Å². The lowest BCUT2D eigenvalue weighted by molar-refractivity contribution is -0.117. The summed E-state index contributed by atoms with van der Waals surface area (Å²) < 4.78 is 21.6. The van der Waals surface area contributed by atoms with Crippen molar-refractivity contribution in [3.05, 3.63) is 113 Å². The van der Waals surface area contributed by atoms with Gasteiger partial charge >= 0.3 is 5.97 Å². The number of hydrogen-bond donors (Lipinski definition) is 2. The highest BCUT2D eigenvalue weighted by Crippen LogP contribution is 2.22. The molecule has 0 spiro atoms. The van der Waals surface area contributed by atoms with Crippen molar-refractivity contribution in [2.75, 3.05) is 11.8 Å². The molecule has 4 aromatic carbocycles. The molecule has 0 fully saturated rings. The number of amides is 1. The fraction of sp³-hybridized carbons (Fsp3) is 0.172. The van der Waals surface area contributed by atoms with Crippen molar-refractivity contribution < 1.29 is 17.1 Å². The van der Waals surface area contributed by atoms with Crippen LogP contribution in [0.3, 0.4) is 0 Å². The summed E-state index contributed by atoms with van der Waals surface area (Å²) in [5.74, 6) is -2.20. The summed E-state index contributed by atoms with van der Waals surface area (Å²) in [4.78, 5) is 25.6. The highest BCUT2D eigenvalue weighted by atomic mass is 16.5. The maximum absolute atomic E-state index is 13.1. The Hall–Kier alpha value is -3.96. The second-order valence-corrected chi connectivity index (χ2v) is 8.29. The minimum Gasteiger partial charge on any atom is -0.457 e. The number of hydrogen-bond acceptors (Lipinski definition) is 4. The number of anilines is 1. The first-order valence-electron chi connectivity index (χ1n) is 12.0. The maximum atomic E-state index is 13.1. The van der Waals surface area contributed by atoms with Gasteiger partial charge in [-0.25, -0.2) is 4.79 Å². The molecule has 1 atom stereocenters. The molecule has 0 saturated heterocycles. The molecule has 5 heteroatoms. The SMILES string of the molecule is [2H]C([2H])(N)[C@@H](C(=O)Nc1ccc2ccccc2c1)c1ccc(COC(=O)c2ccc(C)cc2C)cc1. The van der Waals surface area contributed by atoms with E-state index >= 15 is 0 Å². The second kappa shape index (κ2) is 10.3. The van der Waals surface area contributed by atoms with Gasteiger partial charge in [0.1, 0.15) is 6.61 Å². The van der Waals surface area contributed by atoms with Crippen molar-refractivity contribution in [2.24, 2.45) is 5.73 Å². The van der Waals surface area contributed by atoms with Crippen LogP contribution in [0.5, 0.6) is 0 Å². The quantitative estimate of drug-likeness (QED) is 0.362. The number of ether oxygens (including phenoxy) is 1. The molecule has 172 valence electrons. The van der Waals surface area contributed by atoms with Gasteiger partial charge < -0.3 is 15.8 Å². The minimum atomic E-state index is -2.29. The number of aryl methyl sites for hydroxylation is 2. The summed E-state index contributed by atoms with van der Waals surface area (Å²) in [5.41, 5.74) is 9.91. The number of nitrogens with one attached hydrogen (secondary N) is 1. The van der Waals surface area contributed by atoms with Gasteiger partial charge in [-0.05, 0) is 59.5 Å². The summed E-state index contributed by atoms with van der Waals surface area (Å²) >= 11 is 0. The third-order valence-corrected chi connectivity index (χ3v) is 5.73. The number of fused-ring (bicyclic) bond motifs is 1. The van der Waals surface area contributed by atoms with Crippen LogP contribution in [0, 0.1) is 13.8 Å². The topological polar surface area (TPSA) is 81.4 Å². The van der Waals surface area contributed by atoms with Gasteiger partial charge in [0, 0.05) is 14.9 Å². The Bertz CT molecular complexity index is 1410. The first kappa shape index (κ1) is 20.6. The molecule has 0 bridgehead atoms. The van der Waals surface area contributed by atoms with Crippen molar-refractivity contribution in [1.29, 1.82) is 0 Å². The predicted molar refractivity (Wildman–Crippen MR) is 136 cm³/mol. The van der Waals surface area contributed by atoms with Crippen molar-refractivity contribution in [1.82, 2.24) is 0 Å². The van der Waals surface area contributed by atoms with Crippen LogP contribution in [-0.2, 0) is 16.1 Å².